The fourth-order valence-corrected chi connectivity index (χ4v) is 3.99. The lowest BCUT2D eigenvalue weighted by molar-refractivity contribution is -0.132. The van der Waals surface area contributed by atoms with Crippen molar-refractivity contribution in [1.29, 1.82) is 0 Å². The summed E-state index contributed by atoms with van der Waals surface area (Å²) in [6, 6.07) is 0.104. The van der Waals surface area contributed by atoms with Crippen molar-refractivity contribution in [2.24, 2.45) is 5.73 Å². The second-order valence-electron chi connectivity index (χ2n) is 8.13. The van der Waals surface area contributed by atoms with Crippen molar-refractivity contribution in [3.8, 4) is 11.4 Å². The van der Waals surface area contributed by atoms with Crippen LogP contribution in [0.1, 0.15) is 32.0 Å². The van der Waals surface area contributed by atoms with Gasteiger partial charge in [0.05, 0.1) is 11.1 Å². The van der Waals surface area contributed by atoms with Gasteiger partial charge in [-0.25, -0.2) is 24.9 Å². The fourth-order valence-electron chi connectivity index (χ4n) is 3.99. The summed E-state index contributed by atoms with van der Waals surface area (Å²) in [6.45, 7) is 5.94. The Labute approximate surface area is 174 Å². The molecule has 10 heteroatoms. The predicted molar refractivity (Wildman–Crippen MR) is 112 cm³/mol. The number of aromatic nitrogens is 6. The third kappa shape index (κ3) is 3.17. The maximum absolute atomic E-state index is 12.5. The largest absolute Gasteiger partial charge is 0.364 e. The molecule has 2 fully saturated rings. The molecule has 3 aromatic heterocycles. The van der Waals surface area contributed by atoms with Crippen LogP contribution in [0, 0.1) is 6.92 Å². The fraction of sp³-hybridized carbons (Fsp3) is 0.500. The molecule has 3 aromatic rings. The molecule has 0 bridgehead atoms. The zero-order valence-electron chi connectivity index (χ0n) is 17.2. The molecule has 1 aliphatic heterocycles. The Bertz CT molecular complexity index is 1100. The number of carbonyl (C=O) groups excluding carboxylic acids is 1. The molecular formula is C20H25N9O. The van der Waals surface area contributed by atoms with E-state index in [-0.39, 0.29) is 11.9 Å². The van der Waals surface area contributed by atoms with E-state index >= 15 is 0 Å². The number of fused-ring (bicyclic) bond motifs is 1. The summed E-state index contributed by atoms with van der Waals surface area (Å²) < 4.78 is 2.03. The van der Waals surface area contributed by atoms with Gasteiger partial charge >= 0.3 is 0 Å². The highest BCUT2D eigenvalue weighted by atomic mass is 16.2. The summed E-state index contributed by atoms with van der Waals surface area (Å²) in [5.41, 5.74) is 7.76. The summed E-state index contributed by atoms with van der Waals surface area (Å²) in [5, 5.41) is 3.47. The number of likely N-dealkylation sites (tertiary alicyclic amines) is 1. The Morgan fingerprint density at radius 2 is 2.03 bits per heavy atom. The Kier molecular flexibility index (Phi) is 4.39. The van der Waals surface area contributed by atoms with E-state index in [0.29, 0.717) is 36.8 Å². The van der Waals surface area contributed by atoms with Crippen LogP contribution in [0.25, 0.3) is 22.6 Å². The van der Waals surface area contributed by atoms with E-state index in [0.717, 1.165) is 36.3 Å². The van der Waals surface area contributed by atoms with Gasteiger partial charge in [0.25, 0.3) is 0 Å². The van der Waals surface area contributed by atoms with Crippen molar-refractivity contribution >= 4 is 22.9 Å². The molecular weight excluding hydrogens is 382 g/mol. The Morgan fingerprint density at radius 1 is 1.27 bits per heavy atom. The Hall–Kier alpha value is -3.14. The highest BCUT2D eigenvalue weighted by molar-refractivity contribution is 5.89. The van der Waals surface area contributed by atoms with Crippen LogP contribution in [-0.4, -0.2) is 65.0 Å². The van der Waals surface area contributed by atoms with Gasteiger partial charge in [0, 0.05) is 38.1 Å². The lowest BCUT2D eigenvalue weighted by atomic mass is 10.2. The van der Waals surface area contributed by atoms with Crippen LogP contribution in [0.4, 0.5) is 5.82 Å². The minimum absolute atomic E-state index is 0.0663. The number of amides is 1. The smallest absolute Gasteiger partial charge is 0.242 e. The first-order valence-corrected chi connectivity index (χ1v) is 10.3. The van der Waals surface area contributed by atoms with Gasteiger partial charge in [0.15, 0.2) is 17.0 Å². The maximum Gasteiger partial charge on any atom is 0.242 e. The van der Waals surface area contributed by atoms with E-state index in [9.17, 15) is 4.79 Å². The van der Waals surface area contributed by atoms with Crippen LogP contribution in [-0.2, 0) is 11.3 Å². The number of nitrogens with one attached hydrogen (secondary N) is 1. The Morgan fingerprint density at radius 3 is 2.73 bits per heavy atom. The summed E-state index contributed by atoms with van der Waals surface area (Å²) >= 11 is 0. The number of anilines is 1. The number of aryl methyl sites for hydroxylation is 2. The molecule has 10 nitrogen and oxygen atoms in total. The van der Waals surface area contributed by atoms with Crippen molar-refractivity contribution in [1.82, 2.24) is 34.4 Å². The van der Waals surface area contributed by atoms with Crippen LogP contribution < -0.4 is 11.1 Å². The molecule has 1 saturated carbocycles. The number of carbonyl (C=O) groups is 1. The molecule has 1 amide bonds. The van der Waals surface area contributed by atoms with Crippen molar-refractivity contribution < 1.29 is 4.79 Å². The first kappa shape index (κ1) is 18.9. The molecule has 0 aromatic carbocycles. The second-order valence-corrected chi connectivity index (χ2v) is 8.13. The van der Waals surface area contributed by atoms with Gasteiger partial charge in [-0.15, -0.1) is 0 Å². The van der Waals surface area contributed by atoms with Crippen LogP contribution in [0.3, 0.4) is 0 Å². The normalized spacial score (nSPS) is 20.0. The van der Waals surface area contributed by atoms with E-state index in [4.69, 9.17) is 10.7 Å². The topological polar surface area (TPSA) is 128 Å². The first-order chi connectivity index (χ1) is 14.5. The predicted octanol–water partition coefficient (Wildman–Crippen LogP) is 1.12. The second kappa shape index (κ2) is 6.98. The molecule has 0 spiro atoms. The average Bonchev–Trinajstić information content (AvgIpc) is 3.17. The van der Waals surface area contributed by atoms with E-state index in [1.54, 1.807) is 18.7 Å². The molecule has 30 heavy (non-hydrogen) atoms. The summed E-state index contributed by atoms with van der Waals surface area (Å²) in [7, 11) is 0. The third-order valence-electron chi connectivity index (χ3n) is 5.92. The number of rotatable bonds is 5. The number of imidazole rings is 1. The summed E-state index contributed by atoms with van der Waals surface area (Å²) in [6.07, 6.45) is 7.51. The summed E-state index contributed by atoms with van der Waals surface area (Å²) in [5.74, 6) is 2.22. The van der Waals surface area contributed by atoms with Gasteiger partial charge in [-0.05, 0) is 33.1 Å². The average molecular weight is 407 g/mol. The SMILES string of the molecule is CCn1c(-c2cnc(C)nc2)nc2c(N[C@H]3CCN(C(=O)C4(N)CC4)C3)ncnc21. The molecule has 156 valence electrons. The van der Waals surface area contributed by atoms with Crippen molar-refractivity contribution in [2.75, 3.05) is 18.4 Å². The van der Waals surface area contributed by atoms with E-state index in [2.05, 4.69) is 32.2 Å². The van der Waals surface area contributed by atoms with Gasteiger partial charge in [0.1, 0.15) is 18.0 Å². The lowest BCUT2D eigenvalue weighted by Crippen LogP contribution is -2.45. The standard InChI is InChI=1S/C20H25N9O/c1-3-29-17(13-8-22-12(2)23-9-13)27-15-16(24-11-25-18(15)29)26-14-4-7-28(10-14)19(30)20(21)5-6-20/h8-9,11,14H,3-7,10,21H2,1-2H3,(H,24,25,26)/t14-/m0/s1. The molecule has 2 aliphatic rings. The number of nitrogens with zero attached hydrogens (tertiary/aromatic N) is 7. The van der Waals surface area contributed by atoms with Gasteiger partial charge in [-0.1, -0.05) is 0 Å². The molecule has 1 atom stereocenters. The van der Waals surface area contributed by atoms with Crippen LogP contribution in [0.2, 0.25) is 0 Å². The van der Waals surface area contributed by atoms with Gasteiger partial charge in [0.2, 0.25) is 5.91 Å². The Balaban J connectivity index is 1.43. The number of nitrogens with two attached hydrogens (primary N) is 1. The van der Waals surface area contributed by atoms with Crippen LogP contribution in [0.5, 0.6) is 0 Å². The highest BCUT2D eigenvalue weighted by Gasteiger charge is 2.49. The zero-order chi connectivity index (χ0) is 20.9. The minimum atomic E-state index is -0.623. The first-order valence-electron chi connectivity index (χ1n) is 10.3. The molecule has 0 radical (unpaired) electrons. The van der Waals surface area contributed by atoms with Crippen molar-refractivity contribution in [2.45, 2.75) is 51.2 Å². The molecule has 0 unspecified atom stereocenters. The van der Waals surface area contributed by atoms with E-state index < -0.39 is 5.54 Å². The van der Waals surface area contributed by atoms with Crippen LogP contribution >= 0.6 is 0 Å². The van der Waals surface area contributed by atoms with Crippen molar-refractivity contribution in [3.63, 3.8) is 0 Å². The number of hydrogen-bond acceptors (Lipinski definition) is 8. The lowest BCUT2D eigenvalue weighted by Gasteiger charge is -2.20. The number of hydrogen-bond donors (Lipinski definition) is 2. The summed E-state index contributed by atoms with van der Waals surface area (Å²) in [4.78, 5) is 36.7. The molecule has 3 N–H and O–H groups in total. The molecule has 1 aliphatic carbocycles. The highest BCUT2D eigenvalue weighted by Crippen LogP contribution is 2.35. The van der Waals surface area contributed by atoms with Crippen molar-refractivity contribution in [3.05, 3.63) is 24.5 Å². The van der Waals surface area contributed by atoms with E-state index in [1.165, 1.54) is 0 Å². The molecule has 5 rings (SSSR count). The van der Waals surface area contributed by atoms with Gasteiger partial charge < -0.3 is 20.5 Å². The van der Waals surface area contributed by atoms with Gasteiger partial charge in [-0.2, -0.15) is 0 Å². The quantitative estimate of drug-likeness (QED) is 0.644. The zero-order valence-corrected chi connectivity index (χ0v) is 17.2. The monoisotopic (exact) mass is 407 g/mol. The van der Waals surface area contributed by atoms with E-state index in [1.807, 2.05) is 16.4 Å². The molecule has 4 heterocycles. The van der Waals surface area contributed by atoms with Gasteiger partial charge in [-0.3, -0.25) is 4.79 Å². The minimum Gasteiger partial charge on any atom is -0.364 e. The van der Waals surface area contributed by atoms with Crippen LogP contribution in [0.15, 0.2) is 18.7 Å². The maximum atomic E-state index is 12.5. The molecule has 1 saturated heterocycles. The third-order valence-corrected chi connectivity index (χ3v) is 5.92.